The van der Waals surface area contributed by atoms with E-state index in [-0.39, 0.29) is 0 Å². The lowest BCUT2D eigenvalue weighted by Crippen LogP contribution is -2.00. The van der Waals surface area contributed by atoms with Gasteiger partial charge in [0.25, 0.3) is 0 Å². The molecule has 5 heteroatoms. The van der Waals surface area contributed by atoms with Crippen LogP contribution in [0, 0.1) is 6.92 Å². The van der Waals surface area contributed by atoms with Gasteiger partial charge in [-0.3, -0.25) is 0 Å². The first-order valence-corrected chi connectivity index (χ1v) is 19.3. The van der Waals surface area contributed by atoms with Crippen LogP contribution < -0.4 is 0 Å². The van der Waals surface area contributed by atoms with Crippen molar-refractivity contribution in [3.05, 3.63) is 200 Å². The van der Waals surface area contributed by atoms with Gasteiger partial charge in [0.05, 0.1) is 22.1 Å². The minimum Gasteiger partial charge on any atom is -0.309 e. The highest BCUT2D eigenvalue weighted by Crippen LogP contribution is 2.39. The molecular weight excluding hydrogens is 695 g/mol. The third-order valence-electron chi connectivity index (χ3n) is 11.0. The minimum absolute atomic E-state index is 0.639. The van der Waals surface area contributed by atoms with Crippen molar-refractivity contribution in [3.63, 3.8) is 0 Å². The summed E-state index contributed by atoms with van der Waals surface area (Å²) in [6, 6.07) is 68.7. The van der Waals surface area contributed by atoms with Gasteiger partial charge in [-0.05, 0) is 96.9 Å². The first kappa shape index (κ1) is 32.8. The van der Waals surface area contributed by atoms with Gasteiger partial charge in [-0.1, -0.05) is 121 Å². The molecular formula is C52H35N5. The molecule has 0 unspecified atom stereocenters. The molecule has 3 heterocycles. The second kappa shape index (κ2) is 13.3. The second-order valence-corrected chi connectivity index (χ2v) is 14.6. The van der Waals surface area contributed by atoms with Crippen LogP contribution in [0.2, 0.25) is 0 Å². The lowest BCUT2D eigenvalue weighted by Gasteiger charge is -2.11. The van der Waals surface area contributed by atoms with Crippen molar-refractivity contribution in [2.24, 2.45) is 0 Å². The van der Waals surface area contributed by atoms with Crippen LogP contribution >= 0.6 is 0 Å². The lowest BCUT2D eigenvalue weighted by molar-refractivity contribution is 1.07. The average Bonchev–Trinajstić information content (AvgIpc) is 3.79. The minimum atomic E-state index is 0.639. The zero-order valence-corrected chi connectivity index (χ0v) is 31.2. The van der Waals surface area contributed by atoms with E-state index in [4.69, 9.17) is 15.0 Å². The van der Waals surface area contributed by atoms with Crippen LogP contribution in [0.15, 0.2) is 194 Å². The fraction of sp³-hybridized carbons (Fsp3) is 0.0192. The number of nitrogens with zero attached hydrogens (tertiary/aromatic N) is 5. The van der Waals surface area contributed by atoms with Crippen molar-refractivity contribution >= 4 is 43.6 Å². The molecule has 0 aliphatic heterocycles. The summed E-state index contributed by atoms with van der Waals surface area (Å²) in [6.07, 6.45) is 0. The van der Waals surface area contributed by atoms with Gasteiger partial charge < -0.3 is 9.13 Å². The number of hydrogen-bond acceptors (Lipinski definition) is 3. The highest BCUT2D eigenvalue weighted by Gasteiger charge is 2.17. The number of aryl methyl sites for hydroxylation is 1. The summed E-state index contributed by atoms with van der Waals surface area (Å²) in [7, 11) is 0. The predicted molar refractivity (Wildman–Crippen MR) is 235 cm³/mol. The monoisotopic (exact) mass is 729 g/mol. The van der Waals surface area contributed by atoms with Gasteiger partial charge in [0.2, 0.25) is 0 Å². The van der Waals surface area contributed by atoms with Crippen molar-refractivity contribution in [2.75, 3.05) is 0 Å². The summed E-state index contributed by atoms with van der Waals surface area (Å²) in [5.74, 6) is 1.94. The third-order valence-corrected chi connectivity index (χ3v) is 11.0. The number of hydrogen-bond donors (Lipinski definition) is 0. The lowest BCUT2D eigenvalue weighted by atomic mass is 10.0. The topological polar surface area (TPSA) is 48.5 Å². The quantitative estimate of drug-likeness (QED) is 0.171. The van der Waals surface area contributed by atoms with Gasteiger partial charge in [0.15, 0.2) is 17.5 Å². The molecule has 11 rings (SSSR count). The Hall–Kier alpha value is -7.63. The van der Waals surface area contributed by atoms with Gasteiger partial charge >= 0.3 is 0 Å². The van der Waals surface area contributed by atoms with E-state index in [1.54, 1.807) is 0 Å². The molecule has 5 nitrogen and oxygen atoms in total. The van der Waals surface area contributed by atoms with Crippen molar-refractivity contribution in [1.82, 2.24) is 24.1 Å². The van der Waals surface area contributed by atoms with E-state index in [2.05, 4.69) is 150 Å². The Morgan fingerprint density at radius 2 is 0.684 bits per heavy atom. The highest BCUT2D eigenvalue weighted by molar-refractivity contribution is 6.12. The largest absolute Gasteiger partial charge is 0.309 e. The van der Waals surface area contributed by atoms with Gasteiger partial charge in [0.1, 0.15) is 0 Å². The molecule has 11 aromatic rings. The van der Waals surface area contributed by atoms with E-state index in [0.717, 1.165) is 33.6 Å². The van der Waals surface area contributed by atoms with Gasteiger partial charge in [-0.2, -0.15) is 0 Å². The van der Waals surface area contributed by atoms with E-state index in [9.17, 15) is 0 Å². The molecule has 0 fully saturated rings. The summed E-state index contributed by atoms with van der Waals surface area (Å²) in [6.45, 7) is 2.17. The molecule has 0 atom stereocenters. The molecule has 0 radical (unpaired) electrons. The molecule has 3 aromatic heterocycles. The number of aromatic nitrogens is 5. The normalized spacial score (nSPS) is 11.6. The molecule has 0 amide bonds. The Labute approximate surface area is 329 Å². The Morgan fingerprint density at radius 3 is 1.25 bits per heavy atom. The van der Waals surface area contributed by atoms with Crippen LogP contribution in [0.1, 0.15) is 5.56 Å². The Bertz CT molecular complexity index is 3210. The molecule has 0 spiro atoms. The highest BCUT2D eigenvalue weighted by atomic mass is 15.0. The number of benzene rings is 8. The molecule has 57 heavy (non-hydrogen) atoms. The van der Waals surface area contributed by atoms with Crippen LogP contribution in [0.5, 0.6) is 0 Å². The van der Waals surface area contributed by atoms with Gasteiger partial charge in [0, 0.05) is 49.6 Å². The molecule has 0 N–H and O–H groups in total. The van der Waals surface area contributed by atoms with Crippen LogP contribution in [-0.4, -0.2) is 24.1 Å². The van der Waals surface area contributed by atoms with Gasteiger partial charge in [-0.25, -0.2) is 15.0 Å². The Morgan fingerprint density at radius 1 is 0.298 bits per heavy atom. The van der Waals surface area contributed by atoms with Crippen molar-refractivity contribution in [1.29, 1.82) is 0 Å². The maximum atomic E-state index is 4.96. The molecule has 0 bridgehead atoms. The number of para-hydroxylation sites is 2. The average molecular weight is 730 g/mol. The first-order valence-electron chi connectivity index (χ1n) is 19.3. The molecule has 0 saturated heterocycles. The maximum Gasteiger partial charge on any atom is 0.164 e. The van der Waals surface area contributed by atoms with Crippen LogP contribution in [0.4, 0.5) is 0 Å². The zero-order valence-electron chi connectivity index (χ0n) is 31.2. The van der Waals surface area contributed by atoms with E-state index < -0.39 is 0 Å². The SMILES string of the molecule is Cc1ccc2c(c1)c1cc(-c3ccc4c(c3)c3ccccc3n4-c3ccccc3)ccc1n2-c1ccc(-c2nc(-c3ccccc3)nc(-c3ccccc3)n2)cc1. The van der Waals surface area contributed by atoms with E-state index in [1.165, 1.54) is 54.8 Å². The summed E-state index contributed by atoms with van der Waals surface area (Å²) in [5.41, 5.74) is 13.4. The van der Waals surface area contributed by atoms with Crippen LogP contribution in [0.3, 0.4) is 0 Å². The van der Waals surface area contributed by atoms with Crippen molar-refractivity contribution in [2.45, 2.75) is 6.92 Å². The van der Waals surface area contributed by atoms with Crippen molar-refractivity contribution in [3.8, 4) is 56.7 Å². The molecule has 268 valence electrons. The van der Waals surface area contributed by atoms with Crippen molar-refractivity contribution < 1.29 is 0 Å². The Balaban J connectivity index is 1.02. The smallest absolute Gasteiger partial charge is 0.164 e. The number of rotatable bonds is 6. The van der Waals surface area contributed by atoms with Gasteiger partial charge in [-0.15, -0.1) is 0 Å². The van der Waals surface area contributed by atoms with E-state index in [0.29, 0.717) is 17.5 Å². The Kier molecular flexibility index (Phi) is 7.64. The maximum absolute atomic E-state index is 4.96. The van der Waals surface area contributed by atoms with E-state index >= 15 is 0 Å². The van der Waals surface area contributed by atoms with E-state index in [1.807, 2.05) is 60.7 Å². The first-order chi connectivity index (χ1) is 28.2. The molecule has 8 aromatic carbocycles. The third kappa shape index (κ3) is 5.59. The molecule has 0 aliphatic rings. The summed E-state index contributed by atoms with van der Waals surface area (Å²) in [5, 5.41) is 4.95. The standard InChI is InChI=1S/C52H35N5/c1-34-21-28-47-43(31-34)45-33-39(38-24-29-48-44(32-38)42-19-11-12-20-46(42)56(48)40-17-9-4-10-18-40)25-30-49(45)57(47)41-26-22-37(23-27-41)52-54-50(35-13-5-2-6-14-35)53-51(55-52)36-15-7-3-8-16-36/h2-33H,1H3. The zero-order chi connectivity index (χ0) is 37.9. The fourth-order valence-electron chi connectivity index (χ4n) is 8.30. The summed E-state index contributed by atoms with van der Waals surface area (Å²) < 4.78 is 4.73. The fourth-order valence-corrected chi connectivity index (χ4v) is 8.30. The van der Waals surface area contributed by atoms with Crippen LogP contribution in [-0.2, 0) is 0 Å². The molecule has 0 aliphatic carbocycles. The summed E-state index contributed by atoms with van der Waals surface area (Å²) >= 11 is 0. The van der Waals surface area contributed by atoms with Crippen LogP contribution in [0.25, 0.3) is 100 Å². The molecule has 0 saturated carbocycles. The predicted octanol–water partition coefficient (Wildman–Crippen LogP) is 13.0. The second-order valence-electron chi connectivity index (χ2n) is 14.6. The summed E-state index contributed by atoms with van der Waals surface area (Å²) in [4.78, 5) is 14.8. The number of fused-ring (bicyclic) bond motifs is 6.